The molecule has 0 amide bonds. The van der Waals surface area contributed by atoms with Crippen molar-refractivity contribution in [2.75, 3.05) is 38.1 Å². The van der Waals surface area contributed by atoms with Crippen molar-refractivity contribution in [3.8, 4) is 0 Å². The average molecular weight is 375 g/mol. The summed E-state index contributed by atoms with van der Waals surface area (Å²) in [5.74, 6) is 1.63. The van der Waals surface area contributed by atoms with Crippen LogP contribution in [0.1, 0.15) is 39.3 Å². The molecule has 5 nitrogen and oxygen atoms in total. The number of aromatic nitrogens is 2. The van der Waals surface area contributed by atoms with Crippen molar-refractivity contribution in [3.05, 3.63) is 11.8 Å². The number of carbonyl (C=O) groups is 1. The third-order valence-corrected chi connectivity index (χ3v) is 8.73. The summed E-state index contributed by atoms with van der Waals surface area (Å²) in [4.78, 5) is 27.2. The van der Waals surface area contributed by atoms with Gasteiger partial charge in [-0.25, -0.2) is 9.97 Å². The largest absolute Gasteiger partial charge is 0.354 e. The second kappa shape index (κ2) is 6.20. The van der Waals surface area contributed by atoms with Crippen LogP contribution >= 0.6 is 11.8 Å². The Morgan fingerprint density at radius 1 is 1.15 bits per heavy atom. The van der Waals surface area contributed by atoms with E-state index in [1.165, 1.54) is 0 Å². The van der Waals surface area contributed by atoms with Crippen molar-refractivity contribution in [3.63, 3.8) is 0 Å². The molecule has 0 spiro atoms. The maximum absolute atomic E-state index is 13.0. The molecule has 26 heavy (non-hydrogen) atoms. The molecule has 1 aromatic heterocycles. The number of Topliss-reactive ketones (excluding diaryl/α,β-unsaturated/α-hetero) is 1. The van der Waals surface area contributed by atoms with Gasteiger partial charge < -0.3 is 9.80 Å². The van der Waals surface area contributed by atoms with Crippen LogP contribution in [0.5, 0.6) is 0 Å². The van der Waals surface area contributed by atoms with Gasteiger partial charge in [0, 0.05) is 43.9 Å². The Hall–Kier alpha value is -1.14. The Labute approximate surface area is 160 Å². The molecule has 2 saturated carbocycles. The summed E-state index contributed by atoms with van der Waals surface area (Å²) in [6.45, 7) is 13.0. The first-order chi connectivity index (χ1) is 12.2. The molecule has 0 aromatic carbocycles. The second-order valence-corrected chi connectivity index (χ2v) is 10.1. The summed E-state index contributed by atoms with van der Waals surface area (Å²) in [6, 6.07) is 2.07. The van der Waals surface area contributed by atoms with Crippen LogP contribution in [0.3, 0.4) is 0 Å². The molecule has 3 atom stereocenters. The molecule has 0 unspecified atom stereocenters. The van der Waals surface area contributed by atoms with E-state index in [1.54, 1.807) is 11.8 Å². The SMILES string of the molecule is Cc1cc(N2CCN(C)CC2)nc(S[C@H]2C(=O)[C@H]3CC[C@@]2(C)C3(C)C)n1. The first kappa shape index (κ1) is 18.2. The van der Waals surface area contributed by atoms with Gasteiger partial charge >= 0.3 is 0 Å². The van der Waals surface area contributed by atoms with Gasteiger partial charge in [0.05, 0.1) is 5.25 Å². The Morgan fingerprint density at radius 2 is 1.85 bits per heavy atom. The topological polar surface area (TPSA) is 49.3 Å². The van der Waals surface area contributed by atoms with Crippen LogP contribution in [-0.2, 0) is 4.79 Å². The van der Waals surface area contributed by atoms with Gasteiger partial charge in [-0.2, -0.15) is 0 Å². The molecule has 2 aliphatic carbocycles. The van der Waals surface area contributed by atoms with E-state index in [0.29, 0.717) is 5.78 Å². The lowest BCUT2D eigenvalue weighted by Crippen LogP contribution is -2.45. The number of rotatable bonds is 3. The van der Waals surface area contributed by atoms with Gasteiger partial charge in [-0.05, 0) is 37.6 Å². The van der Waals surface area contributed by atoms with Crippen molar-refractivity contribution < 1.29 is 4.79 Å². The van der Waals surface area contributed by atoms with Crippen LogP contribution in [0.2, 0.25) is 0 Å². The Morgan fingerprint density at radius 3 is 2.46 bits per heavy atom. The highest BCUT2D eigenvalue weighted by Crippen LogP contribution is 2.67. The van der Waals surface area contributed by atoms with Crippen LogP contribution in [0.4, 0.5) is 5.82 Å². The number of likely N-dealkylation sites (N-methyl/N-ethyl adjacent to an activating group) is 1. The Bertz CT molecular complexity index is 729. The van der Waals surface area contributed by atoms with Crippen LogP contribution in [0, 0.1) is 23.7 Å². The van der Waals surface area contributed by atoms with Crippen molar-refractivity contribution in [2.45, 2.75) is 50.9 Å². The summed E-state index contributed by atoms with van der Waals surface area (Å²) in [7, 11) is 2.16. The molecular formula is C20H30N4OS. The number of thioether (sulfide) groups is 1. The maximum atomic E-state index is 13.0. The zero-order valence-electron chi connectivity index (χ0n) is 16.6. The van der Waals surface area contributed by atoms with E-state index in [2.05, 4.69) is 48.7 Å². The molecule has 4 rings (SSSR count). The number of fused-ring (bicyclic) bond motifs is 2. The summed E-state index contributed by atoms with van der Waals surface area (Å²) in [6.07, 6.45) is 2.17. The molecule has 3 fully saturated rings. The predicted molar refractivity (Wildman–Crippen MR) is 106 cm³/mol. The van der Waals surface area contributed by atoms with Gasteiger partial charge in [0.15, 0.2) is 5.16 Å². The number of ketones is 1. The van der Waals surface area contributed by atoms with E-state index in [0.717, 1.165) is 55.7 Å². The van der Waals surface area contributed by atoms with Crippen molar-refractivity contribution in [1.82, 2.24) is 14.9 Å². The number of carbonyl (C=O) groups excluding carboxylic acids is 1. The molecule has 2 heterocycles. The quantitative estimate of drug-likeness (QED) is 0.758. The van der Waals surface area contributed by atoms with E-state index in [1.807, 2.05) is 6.92 Å². The number of hydrogen-bond donors (Lipinski definition) is 0. The van der Waals surface area contributed by atoms with Gasteiger partial charge in [0.25, 0.3) is 0 Å². The first-order valence-corrected chi connectivity index (χ1v) is 10.6. The van der Waals surface area contributed by atoms with Crippen molar-refractivity contribution in [2.24, 2.45) is 16.7 Å². The Balaban J connectivity index is 1.58. The number of hydrogen-bond acceptors (Lipinski definition) is 6. The third kappa shape index (κ3) is 2.68. The van der Waals surface area contributed by atoms with Crippen LogP contribution in [0.25, 0.3) is 0 Å². The van der Waals surface area contributed by atoms with E-state index >= 15 is 0 Å². The van der Waals surface area contributed by atoms with E-state index in [-0.39, 0.29) is 22.0 Å². The third-order valence-electron chi connectivity index (χ3n) is 7.35. The fourth-order valence-corrected chi connectivity index (χ4v) is 6.57. The summed E-state index contributed by atoms with van der Waals surface area (Å²) >= 11 is 1.61. The van der Waals surface area contributed by atoms with Crippen LogP contribution in [-0.4, -0.2) is 59.1 Å². The molecular weight excluding hydrogens is 344 g/mol. The van der Waals surface area contributed by atoms with Crippen LogP contribution < -0.4 is 4.90 Å². The number of anilines is 1. The monoisotopic (exact) mass is 374 g/mol. The molecule has 6 heteroatoms. The summed E-state index contributed by atoms with van der Waals surface area (Å²) in [5, 5.41) is 0.750. The molecule has 3 aliphatic rings. The fourth-order valence-electron chi connectivity index (χ4n) is 5.06. The standard InChI is InChI=1S/C20H30N4OS/c1-13-12-15(24-10-8-23(5)9-11-24)22-18(21-13)26-17-16(25)14-6-7-20(17,4)19(14,2)3/h12,14,17H,6-11H2,1-5H3/t14-,17+,20-/m1/s1. The van der Waals surface area contributed by atoms with Crippen molar-refractivity contribution in [1.29, 1.82) is 0 Å². The Kier molecular flexibility index (Phi) is 4.35. The number of piperazine rings is 1. The van der Waals surface area contributed by atoms with Gasteiger partial charge in [-0.1, -0.05) is 32.5 Å². The molecule has 1 aromatic rings. The minimum Gasteiger partial charge on any atom is -0.354 e. The number of aryl methyl sites for hydroxylation is 1. The highest BCUT2D eigenvalue weighted by molar-refractivity contribution is 8.00. The fraction of sp³-hybridized carbons (Fsp3) is 0.750. The molecule has 0 N–H and O–H groups in total. The first-order valence-electron chi connectivity index (χ1n) is 9.72. The lowest BCUT2D eigenvalue weighted by Gasteiger charge is -2.37. The van der Waals surface area contributed by atoms with Gasteiger partial charge in [0.2, 0.25) is 0 Å². The smallest absolute Gasteiger partial charge is 0.190 e. The lowest BCUT2D eigenvalue weighted by atomic mass is 9.71. The summed E-state index contributed by atoms with van der Waals surface area (Å²) in [5.41, 5.74) is 1.10. The van der Waals surface area contributed by atoms with E-state index in [9.17, 15) is 4.79 Å². The van der Waals surface area contributed by atoms with E-state index < -0.39 is 0 Å². The molecule has 2 bridgehead atoms. The molecule has 142 valence electrons. The highest BCUT2D eigenvalue weighted by Gasteiger charge is 2.66. The molecule has 1 saturated heterocycles. The summed E-state index contributed by atoms with van der Waals surface area (Å²) < 4.78 is 0. The average Bonchev–Trinajstić information content (AvgIpc) is 2.89. The number of nitrogens with zero attached hydrogens (tertiary/aromatic N) is 4. The minimum atomic E-state index is -0.0154. The zero-order valence-corrected chi connectivity index (χ0v) is 17.4. The van der Waals surface area contributed by atoms with Crippen LogP contribution in [0.15, 0.2) is 11.2 Å². The normalized spacial score (nSPS) is 33.9. The lowest BCUT2D eigenvalue weighted by molar-refractivity contribution is -0.122. The maximum Gasteiger partial charge on any atom is 0.190 e. The van der Waals surface area contributed by atoms with Gasteiger partial charge in [-0.3, -0.25) is 4.79 Å². The van der Waals surface area contributed by atoms with Gasteiger partial charge in [0.1, 0.15) is 11.6 Å². The minimum absolute atomic E-state index is 0.0154. The second-order valence-electron chi connectivity index (χ2n) is 9.07. The van der Waals surface area contributed by atoms with Crippen molar-refractivity contribution >= 4 is 23.4 Å². The molecule has 1 aliphatic heterocycles. The van der Waals surface area contributed by atoms with Gasteiger partial charge in [-0.15, -0.1) is 0 Å². The zero-order chi connectivity index (χ0) is 18.7. The molecule has 0 radical (unpaired) electrons. The predicted octanol–water partition coefficient (Wildman–Crippen LogP) is 3.02. The van der Waals surface area contributed by atoms with E-state index in [4.69, 9.17) is 4.98 Å². The highest BCUT2D eigenvalue weighted by atomic mass is 32.2.